The van der Waals surface area contributed by atoms with Crippen LogP contribution in [0, 0.1) is 5.82 Å². The predicted molar refractivity (Wildman–Crippen MR) is 141 cm³/mol. The quantitative estimate of drug-likeness (QED) is 0.127. The van der Waals surface area contributed by atoms with E-state index in [1.165, 1.54) is 50.5 Å². The summed E-state index contributed by atoms with van der Waals surface area (Å²) in [6.07, 6.45) is 11.8. The lowest BCUT2D eigenvalue weighted by Gasteiger charge is -2.09. The van der Waals surface area contributed by atoms with Crippen LogP contribution in [0.15, 0.2) is 63.8 Å². The minimum Gasteiger partial charge on any atom is -0.419 e. The molecule has 0 aliphatic heterocycles. The van der Waals surface area contributed by atoms with Crippen LogP contribution in [0.25, 0.3) is 32.9 Å². The first-order chi connectivity index (χ1) is 16.6. The number of rotatable bonds is 11. The zero-order valence-electron chi connectivity index (χ0n) is 20.5. The highest BCUT2D eigenvalue weighted by Gasteiger charge is 2.15. The van der Waals surface area contributed by atoms with Gasteiger partial charge in [-0.05, 0) is 47.6 Å². The fraction of sp³-hybridized carbons (Fsp3) is 0.387. The third-order valence-corrected chi connectivity index (χ3v) is 6.78. The molecule has 0 saturated carbocycles. The van der Waals surface area contributed by atoms with Gasteiger partial charge in [0.05, 0.1) is 5.39 Å². The molecule has 1 heterocycles. The van der Waals surface area contributed by atoms with E-state index < -0.39 is 11.4 Å². The summed E-state index contributed by atoms with van der Waals surface area (Å²) in [4.78, 5) is 12.7. The van der Waals surface area contributed by atoms with Gasteiger partial charge in [0.25, 0.3) is 0 Å². The number of halogens is 1. The van der Waals surface area contributed by atoms with Crippen LogP contribution in [-0.4, -0.2) is 0 Å². The van der Waals surface area contributed by atoms with E-state index in [2.05, 4.69) is 31.2 Å². The van der Waals surface area contributed by atoms with Crippen molar-refractivity contribution >= 4 is 21.7 Å². The maximum atomic E-state index is 14.9. The molecule has 0 aliphatic carbocycles. The molecule has 0 N–H and O–H groups in total. The van der Waals surface area contributed by atoms with Gasteiger partial charge in [0.15, 0.2) is 11.4 Å². The molecule has 0 bridgehead atoms. The smallest absolute Gasteiger partial charge is 0.344 e. The molecule has 1 aromatic heterocycles. The summed E-state index contributed by atoms with van der Waals surface area (Å²) in [5.74, 6) is -0.418. The number of hydrogen-bond acceptors (Lipinski definition) is 2. The van der Waals surface area contributed by atoms with E-state index in [-0.39, 0.29) is 5.58 Å². The van der Waals surface area contributed by atoms with Crippen molar-refractivity contribution in [2.45, 2.75) is 78.1 Å². The van der Waals surface area contributed by atoms with Crippen molar-refractivity contribution in [2.75, 3.05) is 0 Å². The summed E-state index contributed by atoms with van der Waals surface area (Å²) in [5.41, 5.74) is 3.53. The summed E-state index contributed by atoms with van der Waals surface area (Å²) in [6.45, 7) is 4.26. The van der Waals surface area contributed by atoms with E-state index in [1.54, 1.807) is 6.07 Å². The second kappa shape index (κ2) is 11.5. The Morgan fingerprint density at radius 2 is 1.35 bits per heavy atom. The Kier molecular flexibility index (Phi) is 8.16. The van der Waals surface area contributed by atoms with Gasteiger partial charge in [-0.15, -0.1) is 0 Å². The maximum absolute atomic E-state index is 14.9. The number of hydrogen-bond donors (Lipinski definition) is 0. The molecule has 2 nitrogen and oxygen atoms in total. The molecule has 178 valence electrons. The highest BCUT2D eigenvalue weighted by atomic mass is 19.1. The molecule has 0 spiro atoms. The van der Waals surface area contributed by atoms with E-state index in [1.807, 2.05) is 31.2 Å². The van der Waals surface area contributed by atoms with Crippen molar-refractivity contribution in [2.24, 2.45) is 0 Å². The summed E-state index contributed by atoms with van der Waals surface area (Å²) < 4.78 is 20.4. The molecule has 0 unspecified atom stereocenters. The van der Waals surface area contributed by atoms with Gasteiger partial charge in [-0.1, -0.05) is 107 Å². The fourth-order valence-electron chi connectivity index (χ4n) is 4.80. The average molecular weight is 459 g/mol. The summed E-state index contributed by atoms with van der Waals surface area (Å²) in [7, 11) is 0. The van der Waals surface area contributed by atoms with Crippen molar-refractivity contribution in [1.82, 2.24) is 0 Å². The van der Waals surface area contributed by atoms with Crippen molar-refractivity contribution in [3.05, 3.63) is 82.0 Å². The van der Waals surface area contributed by atoms with Crippen LogP contribution in [0.1, 0.15) is 76.3 Å². The van der Waals surface area contributed by atoms with Crippen LogP contribution in [0.3, 0.4) is 0 Å². The van der Waals surface area contributed by atoms with Gasteiger partial charge in [0.1, 0.15) is 0 Å². The molecule has 3 aromatic carbocycles. The molecule has 4 rings (SSSR count). The number of fused-ring (bicyclic) bond motifs is 3. The molecule has 0 aliphatic rings. The third-order valence-electron chi connectivity index (χ3n) is 6.78. The molecular formula is C31H35FO2. The van der Waals surface area contributed by atoms with Gasteiger partial charge in [-0.3, -0.25) is 0 Å². The molecule has 4 aromatic rings. The molecule has 0 atom stereocenters. The highest BCUT2D eigenvalue weighted by molar-refractivity contribution is 6.05. The van der Waals surface area contributed by atoms with Crippen LogP contribution >= 0.6 is 0 Å². The largest absolute Gasteiger partial charge is 0.419 e. The maximum Gasteiger partial charge on any atom is 0.344 e. The second-order valence-corrected chi connectivity index (χ2v) is 9.38. The summed E-state index contributed by atoms with van der Waals surface area (Å²) >= 11 is 0. The molecule has 34 heavy (non-hydrogen) atoms. The molecule has 3 heteroatoms. The monoisotopic (exact) mass is 458 g/mol. The zero-order valence-corrected chi connectivity index (χ0v) is 20.5. The third kappa shape index (κ3) is 5.41. The second-order valence-electron chi connectivity index (χ2n) is 9.38. The van der Waals surface area contributed by atoms with Crippen LogP contribution in [0.4, 0.5) is 4.39 Å². The Labute approximate surface area is 201 Å². The van der Waals surface area contributed by atoms with Crippen molar-refractivity contribution in [3.63, 3.8) is 0 Å². The van der Waals surface area contributed by atoms with E-state index >= 15 is 0 Å². The lowest BCUT2D eigenvalue weighted by atomic mass is 9.97. The minimum atomic E-state index is -0.493. The average Bonchev–Trinajstić information content (AvgIpc) is 2.86. The lowest BCUT2D eigenvalue weighted by molar-refractivity contribution is 0.524. The first-order valence-electron chi connectivity index (χ1n) is 12.9. The fourth-order valence-corrected chi connectivity index (χ4v) is 4.80. The summed E-state index contributed by atoms with van der Waals surface area (Å²) in [6, 6.07) is 18.1. The highest BCUT2D eigenvalue weighted by Crippen LogP contribution is 2.30. The van der Waals surface area contributed by atoms with Gasteiger partial charge in [0, 0.05) is 10.8 Å². The summed E-state index contributed by atoms with van der Waals surface area (Å²) in [5, 5.41) is 1.86. The van der Waals surface area contributed by atoms with Crippen molar-refractivity contribution in [3.8, 4) is 11.1 Å². The predicted octanol–water partition coefficient (Wildman–Crippen LogP) is 9.00. The van der Waals surface area contributed by atoms with Gasteiger partial charge in [-0.2, -0.15) is 0 Å². The molecule has 0 saturated heterocycles. The Morgan fingerprint density at radius 1 is 0.676 bits per heavy atom. The van der Waals surface area contributed by atoms with Crippen LogP contribution in [-0.2, 0) is 12.8 Å². The Hall–Kier alpha value is -2.94. The number of benzene rings is 3. The van der Waals surface area contributed by atoms with Crippen molar-refractivity contribution < 1.29 is 8.81 Å². The standard InChI is InChI=1S/C31H35FO2/c1-3-5-6-7-8-9-10-12-22-13-15-23(16-14-22)25-18-19-26-27-20-17-24(11-4-2)29(32)30(27)34-31(33)28(26)21-25/h13-21H,3-12H2,1-2H3. The number of unbranched alkanes of at least 4 members (excludes halogenated alkanes) is 6. The van der Waals surface area contributed by atoms with Crippen molar-refractivity contribution in [1.29, 1.82) is 0 Å². The minimum absolute atomic E-state index is 0.0610. The van der Waals surface area contributed by atoms with Gasteiger partial charge < -0.3 is 4.42 Å². The normalized spacial score (nSPS) is 11.5. The van der Waals surface area contributed by atoms with Crippen LogP contribution in [0.2, 0.25) is 0 Å². The first kappa shape index (κ1) is 24.2. The molecule has 0 amide bonds. The SMILES string of the molecule is CCCCCCCCCc1ccc(-c2ccc3c(c2)c(=O)oc2c(F)c(CCC)ccc23)cc1. The van der Waals surface area contributed by atoms with Gasteiger partial charge in [-0.25, -0.2) is 9.18 Å². The van der Waals surface area contributed by atoms with E-state index in [0.717, 1.165) is 29.4 Å². The van der Waals surface area contributed by atoms with Crippen LogP contribution in [0.5, 0.6) is 0 Å². The lowest BCUT2D eigenvalue weighted by Crippen LogP contribution is -2.02. The first-order valence-corrected chi connectivity index (χ1v) is 12.9. The Balaban J connectivity index is 1.51. The van der Waals surface area contributed by atoms with Gasteiger partial charge in [0.2, 0.25) is 0 Å². The number of aryl methyl sites for hydroxylation is 2. The van der Waals surface area contributed by atoms with Crippen LogP contribution < -0.4 is 5.63 Å². The molecular weight excluding hydrogens is 423 g/mol. The van der Waals surface area contributed by atoms with Gasteiger partial charge >= 0.3 is 5.63 Å². The Morgan fingerprint density at radius 3 is 2.09 bits per heavy atom. The Bertz CT molecular complexity index is 1300. The topological polar surface area (TPSA) is 30.2 Å². The zero-order chi connectivity index (χ0) is 23.9. The molecule has 0 radical (unpaired) electrons. The van der Waals surface area contributed by atoms with E-state index in [0.29, 0.717) is 22.8 Å². The molecule has 0 fully saturated rings. The van der Waals surface area contributed by atoms with E-state index in [9.17, 15) is 9.18 Å². The van der Waals surface area contributed by atoms with E-state index in [4.69, 9.17) is 4.42 Å².